The number of rotatable bonds is 2. The number of carbonyl (C=O) groups is 1. The van der Waals surface area contributed by atoms with E-state index in [1.54, 1.807) is 0 Å². The van der Waals surface area contributed by atoms with Crippen LogP contribution in [0.2, 0.25) is 0 Å². The molecule has 0 amide bonds. The second kappa shape index (κ2) is 5.29. The molecule has 0 bridgehead atoms. The summed E-state index contributed by atoms with van der Waals surface area (Å²) < 4.78 is 3.98. The van der Waals surface area contributed by atoms with Crippen LogP contribution in [0, 0.1) is 0 Å². The van der Waals surface area contributed by atoms with Crippen LogP contribution in [0.1, 0.15) is 0 Å². The molecule has 0 aromatic rings. The van der Waals surface area contributed by atoms with Crippen molar-refractivity contribution in [1.82, 2.24) is 0 Å². The van der Waals surface area contributed by atoms with Crippen molar-refractivity contribution in [3.05, 3.63) is 11.7 Å². The van der Waals surface area contributed by atoms with Crippen LogP contribution < -0.4 is 0 Å². The van der Waals surface area contributed by atoms with Crippen LogP contribution in [0.4, 0.5) is 0 Å². The maximum absolute atomic E-state index is 9.75. The molecule has 0 spiro atoms. The molecule has 0 fully saturated rings. The van der Waals surface area contributed by atoms with Gasteiger partial charge in [-0.2, -0.15) is 0 Å². The first-order valence-electron chi connectivity index (χ1n) is 1.99. The largest absolute Gasteiger partial charge is 0.497 e. The van der Waals surface area contributed by atoms with Crippen molar-refractivity contribution in [3.63, 3.8) is 0 Å². The zero-order chi connectivity index (χ0) is 7.44. The van der Waals surface area contributed by atoms with E-state index in [2.05, 4.69) is 4.74 Å². The van der Waals surface area contributed by atoms with Crippen molar-refractivity contribution in [1.29, 1.82) is 0 Å². The molecular weight excluding hydrogens is 219 g/mol. The predicted octanol–water partition coefficient (Wildman–Crippen LogP) is 0.000000000000000111. The Bertz CT molecular complexity index is 152. The molecular formula is C4H6O5Zr. The van der Waals surface area contributed by atoms with Crippen LogP contribution in [0.5, 0.6) is 0 Å². The first-order valence-corrected chi connectivity index (χ1v) is 1.99. The third kappa shape index (κ3) is 3.51. The number of aliphatic hydroxyl groups excluding tert-OH is 2. The van der Waals surface area contributed by atoms with Gasteiger partial charge >= 0.3 is 11.9 Å². The van der Waals surface area contributed by atoms with E-state index < -0.39 is 17.7 Å². The number of aliphatic carboxylic acids is 1. The number of carboxylic acid groups (broad SMARTS) is 1. The summed E-state index contributed by atoms with van der Waals surface area (Å²) in [5, 5.41) is 24.6. The van der Waals surface area contributed by atoms with Crippen LogP contribution in [-0.2, 0) is 35.7 Å². The smallest absolute Gasteiger partial charge is 0.378 e. The zero-order valence-electron chi connectivity index (χ0n) is 5.16. The van der Waals surface area contributed by atoms with Gasteiger partial charge in [-0.15, -0.1) is 0 Å². The minimum atomic E-state index is -1.63. The third-order valence-electron chi connectivity index (χ3n) is 0.599. The first-order chi connectivity index (χ1) is 4.09. The molecule has 5 nitrogen and oxygen atoms in total. The maximum Gasteiger partial charge on any atom is 0.378 e. The van der Waals surface area contributed by atoms with Gasteiger partial charge in [-0.05, 0) is 0 Å². The average Bonchev–Trinajstić information content (AvgIpc) is 1.84. The van der Waals surface area contributed by atoms with E-state index in [1.807, 2.05) is 0 Å². The minimum Gasteiger partial charge on any atom is -0.497 e. The zero-order valence-corrected chi connectivity index (χ0v) is 7.62. The van der Waals surface area contributed by atoms with Crippen LogP contribution in [0.15, 0.2) is 11.7 Å². The van der Waals surface area contributed by atoms with Gasteiger partial charge in [0.1, 0.15) is 0 Å². The molecule has 0 heterocycles. The Kier molecular flexibility index (Phi) is 6.45. The fourth-order valence-corrected chi connectivity index (χ4v) is 0.188. The van der Waals surface area contributed by atoms with Crippen LogP contribution >= 0.6 is 0 Å². The van der Waals surface area contributed by atoms with Crippen molar-refractivity contribution in [2.75, 3.05) is 7.11 Å². The molecule has 6 heteroatoms. The van der Waals surface area contributed by atoms with Gasteiger partial charge in [0.05, 0.1) is 7.11 Å². The molecule has 0 aliphatic rings. The molecule has 0 aliphatic heterocycles. The summed E-state index contributed by atoms with van der Waals surface area (Å²) in [4.78, 5) is 9.75. The summed E-state index contributed by atoms with van der Waals surface area (Å²) >= 11 is 0. The summed E-state index contributed by atoms with van der Waals surface area (Å²) in [5.41, 5.74) is 0. The molecule has 0 rings (SSSR count). The van der Waals surface area contributed by atoms with E-state index in [-0.39, 0.29) is 26.2 Å². The first kappa shape index (κ1) is 12.2. The summed E-state index contributed by atoms with van der Waals surface area (Å²) in [7, 11) is 1.04. The molecule has 0 unspecified atom stereocenters. The van der Waals surface area contributed by atoms with Gasteiger partial charge in [0.15, 0.2) is 0 Å². The van der Waals surface area contributed by atoms with Crippen molar-refractivity contribution < 1.29 is 51.1 Å². The van der Waals surface area contributed by atoms with Crippen LogP contribution in [0.25, 0.3) is 0 Å². The molecule has 0 saturated carbocycles. The normalized spacial score (nSPS) is 10.9. The number of methoxy groups -OCH3 is 1. The standard InChI is InChI=1S/C4H6O5.Zr/c1-9-4(8)2(5)3(6)7;/h5,8H,1H3,(H,6,7);. The number of hydrogen-bond acceptors (Lipinski definition) is 4. The van der Waals surface area contributed by atoms with E-state index >= 15 is 0 Å². The van der Waals surface area contributed by atoms with Crippen LogP contribution in [0.3, 0.4) is 0 Å². The van der Waals surface area contributed by atoms with Crippen LogP contribution in [-0.4, -0.2) is 28.4 Å². The molecule has 0 atom stereocenters. The van der Waals surface area contributed by atoms with Gasteiger partial charge in [0, 0.05) is 26.2 Å². The molecule has 10 heavy (non-hydrogen) atoms. The Hall–Kier alpha value is -0.507. The Morgan fingerprint density at radius 3 is 1.80 bits per heavy atom. The Labute approximate surface area is 76.1 Å². The van der Waals surface area contributed by atoms with Crippen molar-refractivity contribution in [2.45, 2.75) is 0 Å². The van der Waals surface area contributed by atoms with Gasteiger partial charge < -0.3 is 20.1 Å². The average molecular weight is 225 g/mol. The van der Waals surface area contributed by atoms with Gasteiger partial charge in [-0.3, -0.25) is 0 Å². The maximum atomic E-state index is 9.75. The molecule has 0 saturated heterocycles. The number of ether oxygens (including phenoxy) is 1. The van der Waals surface area contributed by atoms with Crippen molar-refractivity contribution >= 4 is 5.97 Å². The summed E-state index contributed by atoms with van der Waals surface area (Å²) in [5.74, 6) is -3.82. The molecule has 0 aromatic carbocycles. The molecule has 0 radical (unpaired) electrons. The van der Waals surface area contributed by atoms with E-state index in [0.29, 0.717) is 0 Å². The number of carboxylic acids is 1. The van der Waals surface area contributed by atoms with E-state index in [1.165, 1.54) is 0 Å². The van der Waals surface area contributed by atoms with Gasteiger partial charge in [-0.25, -0.2) is 4.79 Å². The predicted molar refractivity (Wildman–Crippen MR) is 26.9 cm³/mol. The second-order valence-corrected chi connectivity index (χ2v) is 1.16. The monoisotopic (exact) mass is 224 g/mol. The Balaban J connectivity index is 0. The van der Waals surface area contributed by atoms with E-state index in [0.717, 1.165) is 7.11 Å². The fourth-order valence-electron chi connectivity index (χ4n) is 0.188. The van der Waals surface area contributed by atoms with Crippen molar-refractivity contribution in [2.24, 2.45) is 0 Å². The molecule has 0 aromatic heterocycles. The molecule has 56 valence electrons. The van der Waals surface area contributed by atoms with Crippen molar-refractivity contribution in [3.8, 4) is 0 Å². The SMILES string of the molecule is COC(O)=C(O)C(=O)O.[Zr]. The third-order valence-corrected chi connectivity index (χ3v) is 0.599. The van der Waals surface area contributed by atoms with Gasteiger partial charge in [-0.1, -0.05) is 0 Å². The topological polar surface area (TPSA) is 87.0 Å². The van der Waals surface area contributed by atoms with Gasteiger partial charge in [0.2, 0.25) is 0 Å². The summed E-state index contributed by atoms with van der Waals surface area (Å²) in [6, 6.07) is 0. The second-order valence-electron chi connectivity index (χ2n) is 1.16. The van der Waals surface area contributed by atoms with E-state index in [4.69, 9.17) is 15.3 Å². The minimum absolute atomic E-state index is 0. The Morgan fingerprint density at radius 1 is 1.30 bits per heavy atom. The molecule has 3 N–H and O–H groups in total. The number of aliphatic hydroxyl groups is 2. The number of hydrogen-bond donors (Lipinski definition) is 3. The quantitative estimate of drug-likeness (QED) is 0.455. The Morgan fingerprint density at radius 2 is 1.70 bits per heavy atom. The van der Waals surface area contributed by atoms with E-state index in [9.17, 15) is 4.79 Å². The summed E-state index contributed by atoms with van der Waals surface area (Å²) in [6.45, 7) is 0. The summed E-state index contributed by atoms with van der Waals surface area (Å²) in [6.07, 6.45) is 0. The molecule has 0 aliphatic carbocycles. The van der Waals surface area contributed by atoms with Gasteiger partial charge in [0.25, 0.3) is 5.76 Å². The fraction of sp³-hybridized carbons (Fsp3) is 0.250.